The topological polar surface area (TPSA) is 102 Å². The Morgan fingerprint density at radius 2 is 1.97 bits per heavy atom. The molecule has 4 aromatic heterocycles. The van der Waals surface area contributed by atoms with E-state index in [0.717, 1.165) is 34.7 Å². The molecule has 1 aliphatic heterocycles. The normalized spacial score (nSPS) is 15.3. The zero-order chi connectivity index (χ0) is 22.2. The standard InChI is InChI=1S/C23H24N8O/c1-4-14(2)23(32)26-19-13-31-20(25-19)8-6-18(29-31)15(3)22-28-27-21-7-5-17(12-30(21)22)16-9-10-24-11-16/h5-9,11-15H,4,10H2,1-3H3,(H,26,32). The fourth-order valence-corrected chi connectivity index (χ4v) is 3.68. The Morgan fingerprint density at radius 1 is 1.12 bits per heavy atom. The minimum Gasteiger partial charge on any atom is -0.309 e. The number of aliphatic imine (C=N–C) groups is 1. The van der Waals surface area contributed by atoms with E-state index in [2.05, 4.69) is 38.5 Å². The van der Waals surface area contributed by atoms with Crippen molar-refractivity contribution in [3.63, 3.8) is 0 Å². The van der Waals surface area contributed by atoms with Crippen molar-refractivity contribution in [2.24, 2.45) is 10.9 Å². The number of aromatic nitrogens is 6. The van der Waals surface area contributed by atoms with Crippen LogP contribution in [0, 0.1) is 5.92 Å². The molecule has 5 rings (SSSR count). The van der Waals surface area contributed by atoms with Gasteiger partial charge < -0.3 is 5.32 Å². The molecule has 0 aromatic carbocycles. The third kappa shape index (κ3) is 3.55. The van der Waals surface area contributed by atoms with E-state index in [0.29, 0.717) is 18.0 Å². The van der Waals surface area contributed by atoms with E-state index in [1.165, 1.54) is 0 Å². The number of pyridine rings is 1. The van der Waals surface area contributed by atoms with E-state index >= 15 is 0 Å². The maximum atomic E-state index is 12.2. The Morgan fingerprint density at radius 3 is 2.75 bits per heavy atom. The Bertz CT molecular complexity index is 1380. The summed E-state index contributed by atoms with van der Waals surface area (Å²) in [5.41, 5.74) is 4.46. The largest absolute Gasteiger partial charge is 0.309 e. The van der Waals surface area contributed by atoms with Gasteiger partial charge in [0.15, 0.2) is 17.1 Å². The van der Waals surface area contributed by atoms with Crippen LogP contribution in [-0.2, 0) is 4.79 Å². The molecule has 4 aromatic rings. The lowest BCUT2D eigenvalue weighted by molar-refractivity contribution is -0.119. The number of rotatable bonds is 6. The third-order valence-electron chi connectivity index (χ3n) is 5.89. The summed E-state index contributed by atoms with van der Waals surface area (Å²) >= 11 is 0. The van der Waals surface area contributed by atoms with Crippen molar-refractivity contribution in [3.05, 3.63) is 59.8 Å². The first kappa shape index (κ1) is 20.0. The number of hydrogen-bond donors (Lipinski definition) is 1. The van der Waals surface area contributed by atoms with Crippen LogP contribution in [0.25, 0.3) is 16.9 Å². The predicted octanol–water partition coefficient (Wildman–Crippen LogP) is 3.38. The number of allylic oxidation sites excluding steroid dienone is 1. The molecule has 1 aliphatic rings. The summed E-state index contributed by atoms with van der Waals surface area (Å²) < 4.78 is 3.69. The Balaban J connectivity index is 1.46. The molecule has 0 bridgehead atoms. The predicted molar refractivity (Wildman–Crippen MR) is 123 cm³/mol. The van der Waals surface area contributed by atoms with Gasteiger partial charge in [-0.15, -0.1) is 10.2 Å². The van der Waals surface area contributed by atoms with Crippen LogP contribution in [0.4, 0.5) is 5.82 Å². The smallest absolute Gasteiger partial charge is 0.228 e. The quantitative estimate of drug-likeness (QED) is 0.507. The Hall–Kier alpha value is -3.88. The first-order chi connectivity index (χ1) is 15.5. The van der Waals surface area contributed by atoms with Crippen LogP contribution in [-0.4, -0.2) is 47.9 Å². The van der Waals surface area contributed by atoms with Crippen LogP contribution < -0.4 is 5.32 Å². The van der Waals surface area contributed by atoms with Gasteiger partial charge in [0, 0.05) is 18.3 Å². The van der Waals surface area contributed by atoms with Crippen molar-refractivity contribution in [3.8, 4) is 0 Å². The number of carbonyl (C=O) groups excluding carboxylic acids is 1. The number of fused-ring (bicyclic) bond motifs is 2. The monoisotopic (exact) mass is 428 g/mol. The number of amides is 1. The highest BCUT2D eigenvalue weighted by atomic mass is 16.1. The van der Waals surface area contributed by atoms with E-state index in [1.54, 1.807) is 10.7 Å². The van der Waals surface area contributed by atoms with Gasteiger partial charge in [0.25, 0.3) is 0 Å². The number of nitrogens with zero attached hydrogens (tertiary/aromatic N) is 7. The van der Waals surface area contributed by atoms with E-state index in [9.17, 15) is 4.79 Å². The highest BCUT2D eigenvalue weighted by Gasteiger charge is 2.19. The Labute approximate surface area is 184 Å². The first-order valence-corrected chi connectivity index (χ1v) is 10.8. The van der Waals surface area contributed by atoms with Gasteiger partial charge in [0.2, 0.25) is 5.91 Å². The number of carbonyl (C=O) groups is 1. The zero-order valence-electron chi connectivity index (χ0n) is 18.2. The number of nitrogens with one attached hydrogen (secondary N) is 1. The minimum atomic E-state index is -0.101. The van der Waals surface area contributed by atoms with Gasteiger partial charge in [-0.1, -0.05) is 19.9 Å². The maximum absolute atomic E-state index is 12.2. The number of hydrogen-bond acceptors (Lipinski definition) is 6. The summed E-state index contributed by atoms with van der Waals surface area (Å²) in [5, 5.41) is 16.3. The SMILES string of the molecule is CCC(C)C(=O)Nc1cn2nc(C(C)c3nnc4ccc(C5=CCN=C5)cn34)ccc2n1. The van der Waals surface area contributed by atoms with Crippen LogP contribution in [0.15, 0.2) is 47.7 Å². The lowest BCUT2D eigenvalue weighted by Crippen LogP contribution is -2.19. The van der Waals surface area contributed by atoms with Gasteiger partial charge in [-0.05, 0) is 48.7 Å². The zero-order valence-corrected chi connectivity index (χ0v) is 18.2. The molecule has 5 heterocycles. The molecule has 162 valence electrons. The summed E-state index contributed by atoms with van der Waals surface area (Å²) in [6, 6.07) is 7.83. The molecule has 9 nitrogen and oxygen atoms in total. The molecule has 0 spiro atoms. The van der Waals surface area contributed by atoms with Gasteiger partial charge >= 0.3 is 0 Å². The van der Waals surface area contributed by atoms with Crippen LogP contribution in [0.5, 0.6) is 0 Å². The molecule has 1 N–H and O–H groups in total. The highest BCUT2D eigenvalue weighted by molar-refractivity contribution is 6.11. The molecule has 2 unspecified atom stereocenters. The van der Waals surface area contributed by atoms with Crippen molar-refractivity contribution >= 4 is 34.8 Å². The maximum Gasteiger partial charge on any atom is 0.228 e. The summed E-state index contributed by atoms with van der Waals surface area (Å²) in [7, 11) is 0. The van der Waals surface area contributed by atoms with Crippen molar-refractivity contribution in [1.29, 1.82) is 0 Å². The van der Waals surface area contributed by atoms with E-state index < -0.39 is 0 Å². The fourth-order valence-electron chi connectivity index (χ4n) is 3.68. The van der Waals surface area contributed by atoms with E-state index in [-0.39, 0.29) is 17.7 Å². The lowest BCUT2D eigenvalue weighted by Gasteiger charge is -2.10. The summed E-state index contributed by atoms with van der Waals surface area (Å²) in [5.74, 6) is 1.08. The molecule has 0 saturated carbocycles. The second-order valence-electron chi connectivity index (χ2n) is 8.07. The molecule has 2 atom stereocenters. The molecule has 0 radical (unpaired) electrons. The molecule has 0 fully saturated rings. The molecular weight excluding hydrogens is 404 g/mol. The first-order valence-electron chi connectivity index (χ1n) is 10.8. The highest BCUT2D eigenvalue weighted by Crippen LogP contribution is 2.24. The summed E-state index contributed by atoms with van der Waals surface area (Å²) in [6.45, 7) is 6.65. The second kappa shape index (κ2) is 7.99. The van der Waals surface area contributed by atoms with Crippen molar-refractivity contribution in [2.75, 3.05) is 11.9 Å². The number of anilines is 1. The lowest BCUT2D eigenvalue weighted by atomic mass is 10.1. The number of imidazole rings is 1. The summed E-state index contributed by atoms with van der Waals surface area (Å²) in [4.78, 5) is 20.9. The molecule has 9 heteroatoms. The summed E-state index contributed by atoms with van der Waals surface area (Å²) in [6.07, 6.45) is 8.54. The van der Waals surface area contributed by atoms with Gasteiger partial charge in [0.1, 0.15) is 5.82 Å². The second-order valence-corrected chi connectivity index (χ2v) is 8.07. The van der Waals surface area contributed by atoms with Crippen molar-refractivity contribution in [2.45, 2.75) is 33.1 Å². The van der Waals surface area contributed by atoms with Crippen LogP contribution in [0.1, 0.15) is 50.2 Å². The van der Waals surface area contributed by atoms with Crippen LogP contribution in [0.2, 0.25) is 0 Å². The van der Waals surface area contributed by atoms with Crippen molar-refractivity contribution in [1.82, 2.24) is 29.2 Å². The van der Waals surface area contributed by atoms with Gasteiger partial charge in [0.05, 0.1) is 24.4 Å². The molecular formula is C23H24N8O. The average molecular weight is 429 g/mol. The molecule has 32 heavy (non-hydrogen) atoms. The van der Waals surface area contributed by atoms with Crippen LogP contribution in [0.3, 0.4) is 0 Å². The molecule has 0 saturated heterocycles. The van der Waals surface area contributed by atoms with Gasteiger partial charge in [-0.25, -0.2) is 9.50 Å². The van der Waals surface area contributed by atoms with Crippen LogP contribution >= 0.6 is 0 Å². The third-order valence-corrected chi connectivity index (χ3v) is 5.89. The molecule has 0 aliphatic carbocycles. The Kier molecular flexibility index (Phi) is 5.01. The minimum absolute atomic E-state index is 0.0438. The van der Waals surface area contributed by atoms with Gasteiger partial charge in [-0.2, -0.15) is 5.10 Å². The average Bonchev–Trinajstić information content (AvgIpc) is 3.56. The van der Waals surface area contributed by atoms with Gasteiger partial charge in [-0.3, -0.25) is 14.2 Å². The molecule has 1 amide bonds. The van der Waals surface area contributed by atoms with Crippen molar-refractivity contribution < 1.29 is 4.79 Å². The van der Waals surface area contributed by atoms with E-state index in [1.807, 2.05) is 54.9 Å². The fraction of sp³-hybridized carbons (Fsp3) is 0.304. The van der Waals surface area contributed by atoms with E-state index in [4.69, 9.17) is 5.10 Å².